The van der Waals surface area contributed by atoms with E-state index in [4.69, 9.17) is 9.47 Å². The first-order valence-electron chi connectivity index (χ1n) is 10.4. The van der Waals surface area contributed by atoms with Crippen molar-refractivity contribution in [3.8, 4) is 0 Å². The van der Waals surface area contributed by atoms with Crippen molar-refractivity contribution >= 4 is 5.91 Å². The number of piperidine rings is 1. The summed E-state index contributed by atoms with van der Waals surface area (Å²) in [6, 6.07) is 1.91. The zero-order chi connectivity index (χ0) is 18.9. The first-order chi connectivity index (χ1) is 13.1. The van der Waals surface area contributed by atoms with Crippen LogP contribution >= 0.6 is 0 Å². The summed E-state index contributed by atoms with van der Waals surface area (Å²) in [6.07, 6.45) is 3.12. The number of aromatic nitrogens is 2. The number of aryl methyl sites for hydroxylation is 2. The Morgan fingerprint density at radius 3 is 2.93 bits per heavy atom. The van der Waals surface area contributed by atoms with Crippen LogP contribution < -0.4 is 0 Å². The van der Waals surface area contributed by atoms with Gasteiger partial charge in [0, 0.05) is 32.7 Å². The molecular weight excluding hydrogens is 344 g/mol. The molecule has 3 aliphatic heterocycles. The molecule has 3 aliphatic rings. The monoisotopic (exact) mass is 376 g/mol. The molecular formula is C20H32N4O3. The normalized spacial score (nSPS) is 29.6. The molecule has 1 spiro atoms. The van der Waals surface area contributed by atoms with Gasteiger partial charge in [0.15, 0.2) is 0 Å². The van der Waals surface area contributed by atoms with Crippen molar-refractivity contribution in [3.05, 3.63) is 17.5 Å². The van der Waals surface area contributed by atoms with Crippen LogP contribution in [0, 0.1) is 12.8 Å². The SMILES string of the molecule is CCn1nc(C)cc1C(=O)N1CCC[C@]2(C[C@H](CN3CCOCC3)CO2)C1. The molecule has 0 aromatic carbocycles. The summed E-state index contributed by atoms with van der Waals surface area (Å²) in [5, 5.41) is 4.43. The molecule has 2 atom stereocenters. The average Bonchev–Trinajstić information content (AvgIpc) is 3.25. The molecule has 4 heterocycles. The van der Waals surface area contributed by atoms with E-state index >= 15 is 0 Å². The van der Waals surface area contributed by atoms with Crippen LogP contribution in [0.3, 0.4) is 0 Å². The Morgan fingerprint density at radius 1 is 1.33 bits per heavy atom. The van der Waals surface area contributed by atoms with Crippen LogP contribution in [0.2, 0.25) is 0 Å². The molecule has 0 aliphatic carbocycles. The number of amides is 1. The molecule has 4 rings (SSSR count). The van der Waals surface area contributed by atoms with Gasteiger partial charge in [0.2, 0.25) is 0 Å². The van der Waals surface area contributed by atoms with Gasteiger partial charge in [0.25, 0.3) is 5.91 Å². The third kappa shape index (κ3) is 4.05. The second-order valence-corrected chi connectivity index (χ2v) is 8.29. The van der Waals surface area contributed by atoms with Crippen LogP contribution in [-0.4, -0.2) is 83.6 Å². The van der Waals surface area contributed by atoms with Gasteiger partial charge < -0.3 is 14.4 Å². The fourth-order valence-corrected chi connectivity index (χ4v) is 4.88. The van der Waals surface area contributed by atoms with Crippen molar-refractivity contribution in [2.75, 3.05) is 52.5 Å². The van der Waals surface area contributed by atoms with E-state index in [0.717, 1.165) is 71.0 Å². The van der Waals surface area contributed by atoms with Crippen molar-refractivity contribution in [2.45, 2.75) is 45.3 Å². The molecule has 0 bridgehead atoms. The van der Waals surface area contributed by atoms with Crippen molar-refractivity contribution in [3.63, 3.8) is 0 Å². The highest BCUT2D eigenvalue weighted by Crippen LogP contribution is 2.38. The molecule has 0 saturated carbocycles. The second-order valence-electron chi connectivity index (χ2n) is 8.29. The summed E-state index contributed by atoms with van der Waals surface area (Å²) < 4.78 is 13.6. The Labute approximate surface area is 161 Å². The van der Waals surface area contributed by atoms with E-state index in [1.165, 1.54) is 0 Å². The summed E-state index contributed by atoms with van der Waals surface area (Å²) in [5.74, 6) is 0.651. The Balaban J connectivity index is 1.39. The number of hydrogen-bond acceptors (Lipinski definition) is 5. The van der Waals surface area contributed by atoms with Crippen LogP contribution in [0.15, 0.2) is 6.07 Å². The standard InChI is InChI=1S/C20H32N4O3/c1-3-24-18(11-16(2)21-24)19(25)23-6-4-5-20(15-23)12-17(14-27-20)13-22-7-9-26-10-8-22/h11,17H,3-10,12-15H2,1-2H3/t17-,20+/m1/s1. The number of nitrogens with zero attached hydrogens (tertiary/aromatic N) is 4. The molecule has 27 heavy (non-hydrogen) atoms. The van der Waals surface area contributed by atoms with Gasteiger partial charge in [0.05, 0.1) is 37.7 Å². The predicted octanol–water partition coefficient (Wildman–Crippen LogP) is 1.55. The lowest BCUT2D eigenvalue weighted by molar-refractivity contribution is -0.0454. The van der Waals surface area contributed by atoms with E-state index in [-0.39, 0.29) is 11.5 Å². The van der Waals surface area contributed by atoms with Crippen molar-refractivity contribution in [1.82, 2.24) is 19.6 Å². The molecule has 150 valence electrons. The molecule has 0 radical (unpaired) electrons. The first kappa shape index (κ1) is 18.9. The molecule has 3 fully saturated rings. The minimum absolute atomic E-state index is 0.0942. The quantitative estimate of drug-likeness (QED) is 0.798. The van der Waals surface area contributed by atoms with E-state index in [1.54, 1.807) is 0 Å². The molecule has 1 aromatic heterocycles. The van der Waals surface area contributed by atoms with E-state index in [0.29, 0.717) is 24.7 Å². The molecule has 0 N–H and O–H groups in total. The first-order valence-corrected chi connectivity index (χ1v) is 10.4. The number of likely N-dealkylation sites (tertiary alicyclic amines) is 1. The topological polar surface area (TPSA) is 59.8 Å². The predicted molar refractivity (Wildman–Crippen MR) is 102 cm³/mol. The van der Waals surface area contributed by atoms with Gasteiger partial charge in [-0.25, -0.2) is 0 Å². The Morgan fingerprint density at radius 2 is 2.15 bits per heavy atom. The van der Waals surface area contributed by atoms with Crippen molar-refractivity contribution in [1.29, 1.82) is 0 Å². The van der Waals surface area contributed by atoms with E-state index in [1.807, 2.05) is 29.5 Å². The number of rotatable bonds is 4. The zero-order valence-electron chi connectivity index (χ0n) is 16.7. The molecule has 0 unspecified atom stereocenters. The maximum Gasteiger partial charge on any atom is 0.272 e. The number of morpholine rings is 1. The van der Waals surface area contributed by atoms with Gasteiger partial charge in [-0.15, -0.1) is 0 Å². The van der Waals surface area contributed by atoms with Gasteiger partial charge in [0.1, 0.15) is 5.69 Å². The summed E-state index contributed by atoms with van der Waals surface area (Å²) in [4.78, 5) is 17.6. The number of ether oxygens (including phenoxy) is 2. The number of hydrogen-bond donors (Lipinski definition) is 0. The third-order valence-electron chi connectivity index (χ3n) is 6.15. The zero-order valence-corrected chi connectivity index (χ0v) is 16.7. The second kappa shape index (κ2) is 7.89. The lowest BCUT2D eigenvalue weighted by atomic mass is 9.86. The van der Waals surface area contributed by atoms with Crippen LogP contribution in [0.1, 0.15) is 42.4 Å². The minimum Gasteiger partial charge on any atom is -0.379 e. The lowest BCUT2D eigenvalue weighted by Gasteiger charge is -2.40. The highest BCUT2D eigenvalue weighted by molar-refractivity contribution is 5.92. The van der Waals surface area contributed by atoms with Gasteiger partial charge >= 0.3 is 0 Å². The number of carbonyl (C=O) groups is 1. The summed E-state index contributed by atoms with van der Waals surface area (Å²) in [7, 11) is 0. The lowest BCUT2D eigenvalue weighted by Crippen LogP contribution is -2.50. The van der Waals surface area contributed by atoms with Gasteiger partial charge in [-0.3, -0.25) is 14.4 Å². The smallest absolute Gasteiger partial charge is 0.272 e. The molecule has 1 aromatic rings. The summed E-state index contributed by atoms with van der Waals surface area (Å²) >= 11 is 0. The van der Waals surface area contributed by atoms with Crippen LogP contribution in [0.4, 0.5) is 0 Å². The maximum atomic E-state index is 13.1. The Bertz CT molecular complexity index is 670. The highest BCUT2D eigenvalue weighted by atomic mass is 16.5. The van der Waals surface area contributed by atoms with E-state index < -0.39 is 0 Å². The summed E-state index contributed by atoms with van der Waals surface area (Å²) in [5.41, 5.74) is 1.45. The Hall–Kier alpha value is -1.44. The van der Waals surface area contributed by atoms with Crippen LogP contribution in [0.5, 0.6) is 0 Å². The van der Waals surface area contributed by atoms with Crippen molar-refractivity contribution in [2.24, 2.45) is 5.92 Å². The molecule has 7 heteroatoms. The fraction of sp³-hybridized carbons (Fsp3) is 0.800. The summed E-state index contributed by atoms with van der Waals surface area (Å²) in [6.45, 7) is 11.8. The minimum atomic E-state index is -0.156. The van der Waals surface area contributed by atoms with E-state index in [9.17, 15) is 4.79 Å². The number of carbonyl (C=O) groups excluding carboxylic acids is 1. The van der Waals surface area contributed by atoms with Crippen LogP contribution in [0.25, 0.3) is 0 Å². The van der Waals surface area contributed by atoms with Gasteiger partial charge in [-0.2, -0.15) is 5.10 Å². The Kier molecular flexibility index (Phi) is 5.53. The van der Waals surface area contributed by atoms with Gasteiger partial charge in [-0.05, 0) is 45.1 Å². The van der Waals surface area contributed by atoms with Crippen LogP contribution in [-0.2, 0) is 16.0 Å². The van der Waals surface area contributed by atoms with Crippen molar-refractivity contribution < 1.29 is 14.3 Å². The molecule has 1 amide bonds. The van der Waals surface area contributed by atoms with Gasteiger partial charge in [-0.1, -0.05) is 0 Å². The molecule has 3 saturated heterocycles. The average molecular weight is 377 g/mol. The maximum absolute atomic E-state index is 13.1. The van der Waals surface area contributed by atoms with E-state index in [2.05, 4.69) is 10.00 Å². The highest BCUT2D eigenvalue weighted by Gasteiger charge is 2.45. The third-order valence-corrected chi connectivity index (χ3v) is 6.15. The largest absolute Gasteiger partial charge is 0.379 e. The fourth-order valence-electron chi connectivity index (χ4n) is 4.88. The molecule has 7 nitrogen and oxygen atoms in total.